The average Bonchev–Trinajstić information content (AvgIpc) is 3.09. The van der Waals surface area contributed by atoms with Crippen LogP contribution in [0.5, 0.6) is 0 Å². The number of aromatic amines is 1. The first-order valence-corrected chi connectivity index (χ1v) is 11.2. The minimum atomic E-state index is -0.347. The maximum absolute atomic E-state index is 12.8. The largest absolute Gasteiger partial charge is 0.368 e. The average molecular weight is 443 g/mol. The van der Waals surface area contributed by atoms with Crippen molar-refractivity contribution in [3.8, 4) is 11.1 Å². The molecule has 4 aromatic rings. The number of hydrogen-bond donors (Lipinski definition) is 3. The van der Waals surface area contributed by atoms with Gasteiger partial charge < -0.3 is 11.1 Å². The summed E-state index contributed by atoms with van der Waals surface area (Å²) in [7, 11) is 0. The molecule has 1 aromatic carbocycles. The molecular weight excluding hydrogens is 416 g/mol. The Morgan fingerprint density at radius 3 is 2.58 bits per heavy atom. The molecule has 0 bridgehead atoms. The van der Waals surface area contributed by atoms with Crippen LogP contribution in [-0.4, -0.2) is 49.0 Å². The number of nitrogens with two attached hydrogens (primary N) is 1. The molecule has 4 heterocycles. The molecule has 9 heteroatoms. The molecule has 1 aliphatic rings. The highest BCUT2D eigenvalue weighted by Gasteiger charge is 2.16. The molecule has 33 heavy (non-hydrogen) atoms. The van der Waals surface area contributed by atoms with Crippen LogP contribution in [0.25, 0.3) is 22.0 Å². The number of likely N-dealkylation sites (tertiary alicyclic amines) is 1. The molecule has 0 spiro atoms. The number of anilines is 2. The minimum Gasteiger partial charge on any atom is -0.368 e. The molecule has 0 saturated carbocycles. The van der Waals surface area contributed by atoms with E-state index in [-0.39, 0.29) is 11.9 Å². The first-order chi connectivity index (χ1) is 16.2. The van der Waals surface area contributed by atoms with Crippen molar-refractivity contribution in [3.63, 3.8) is 0 Å². The van der Waals surface area contributed by atoms with Crippen LogP contribution in [0.3, 0.4) is 0 Å². The lowest BCUT2D eigenvalue weighted by Gasteiger charge is -2.19. The summed E-state index contributed by atoms with van der Waals surface area (Å²) in [5.74, 6) is -0.200. The number of carbonyl (C=O) groups excluding carboxylic acids is 1. The number of amides is 1. The van der Waals surface area contributed by atoms with Gasteiger partial charge in [-0.2, -0.15) is 5.10 Å². The van der Waals surface area contributed by atoms with Crippen LogP contribution in [0.4, 0.5) is 11.6 Å². The topological polar surface area (TPSA) is 126 Å². The third-order valence-electron chi connectivity index (χ3n) is 5.94. The number of hydrogen-bond acceptors (Lipinski definition) is 7. The quantitative estimate of drug-likeness (QED) is 0.431. The summed E-state index contributed by atoms with van der Waals surface area (Å²) in [5.41, 5.74) is 10.2. The van der Waals surface area contributed by atoms with E-state index >= 15 is 0 Å². The lowest BCUT2D eigenvalue weighted by atomic mass is 10.0. The minimum absolute atomic E-state index is 0.148. The Labute approximate surface area is 191 Å². The summed E-state index contributed by atoms with van der Waals surface area (Å²) in [6, 6.07) is 8.11. The Morgan fingerprint density at radius 2 is 1.79 bits per heavy atom. The van der Waals surface area contributed by atoms with E-state index in [9.17, 15) is 4.79 Å². The van der Waals surface area contributed by atoms with Gasteiger partial charge in [0.15, 0.2) is 5.69 Å². The van der Waals surface area contributed by atoms with Gasteiger partial charge in [-0.25, -0.2) is 9.97 Å². The molecule has 0 unspecified atom stereocenters. The third-order valence-corrected chi connectivity index (χ3v) is 5.94. The Balaban J connectivity index is 1.39. The number of fused-ring (bicyclic) bond motifs is 1. The van der Waals surface area contributed by atoms with E-state index in [4.69, 9.17) is 5.73 Å². The zero-order valence-electron chi connectivity index (χ0n) is 18.3. The van der Waals surface area contributed by atoms with Crippen LogP contribution < -0.4 is 11.1 Å². The van der Waals surface area contributed by atoms with Gasteiger partial charge in [0.05, 0.1) is 23.6 Å². The Bertz CT molecular complexity index is 1260. The lowest BCUT2D eigenvalue weighted by Crippen LogP contribution is -2.24. The Kier molecular flexibility index (Phi) is 5.95. The second-order valence-electron chi connectivity index (χ2n) is 8.39. The highest BCUT2D eigenvalue weighted by molar-refractivity contribution is 6.11. The van der Waals surface area contributed by atoms with Crippen LogP contribution in [0.1, 0.15) is 41.7 Å². The Morgan fingerprint density at radius 1 is 1.00 bits per heavy atom. The first-order valence-electron chi connectivity index (χ1n) is 11.2. The standard InChI is InChI=1S/C24H26N8O/c25-24-27-13-19(14-28-24)29-23(33)22-20-10-17(5-6-21(20)30-31-22)18-9-16(11-26-12-18)15-32-7-3-1-2-4-8-32/h5-6,9-14H,1-4,7-8,15H2,(H,29,33)(H,30,31)(H2,25,27,28). The number of rotatable bonds is 5. The third kappa shape index (κ3) is 4.83. The second kappa shape index (κ2) is 9.33. The van der Waals surface area contributed by atoms with E-state index < -0.39 is 0 Å². The van der Waals surface area contributed by atoms with Gasteiger partial charge in [0.1, 0.15) is 0 Å². The van der Waals surface area contributed by atoms with Crippen molar-refractivity contribution >= 4 is 28.4 Å². The number of nitrogen functional groups attached to an aromatic ring is 1. The molecule has 4 N–H and O–H groups in total. The second-order valence-corrected chi connectivity index (χ2v) is 8.39. The first kappa shape index (κ1) is 21.0. The fourth-order valence-electron chi connectivity index (χ4n) is 4.24. The van der Waals surface area contributed by atoms with Gasteiger partial charge in [-0.05, 0) is 55.3 Å². The molecule has 1 saturated heterocycles. The van der Waals surface area contributed by atoms with Crippen LogP contribution in [-0.2, 0) is 6.54 Å². The number of nitrogens with zero attached hydrogens (tertiary/aromatic N) is 5. The molecule has 1 aliphatic heterocycles. The van der Waals surface area contributed by atoms with Gasteiger partial charge in [-0.1, -0.05) is 18.9 Å². The summed E-state index contributed by atoms with van der Waals surface area (Å²) < 4.78 is 0. The van der Waals surface area contributed by atoms with E-state index in [0.29, 0.717) is 11.4 Å². The summed E-state index contributed by atoms with van der Waals surface area (Å²) >= 11 is 0. The Hall–Kier alpha value is -3.85. The van der Waals surface area contributed by atoms with Crippen molar-refractivity contribution in [2.75, 3.05) is 24.1 Å². The number of pyridine rings is 1. The van der Waals surface area contributed by atoms with Crippen molar-refractivity contribution in [2.45, 2.75) is 32.2 Å². The molecule has 0 aliphatic carbocycles. The summed E-state index contributed by atoms with van der Waals surface area (Å²) in [6.45, 7) is 3.19. The molecule has 5 rings (SSSR count). The normalized spacial score (nSPS) is 14.8. The van der Waals surface area contributed by atoms with Crippen molar-refractivity contribution < 1.29 is 4.79 Å². The predicted octanol–water partition coefficient (Wildman–Crippen LogP) is 3.63. The highest BCUT2D eigenvalue weighted by Crippen LogP contribution is 2.26. The zero-order valence-corrected chi connectivity index (χ0v) is 18.3. The monoisotopic (exact) mass is 442 g/mol. The molecule has 1 amide bonds. The van der Waals surface area contributed by atoms with Gasteiger partial charge >= 0.3 is 0 Å². The maximum Gasteiger partial charge on any atom is 0.276 e. The van der Waals surface area contributed by atoms with E-state index in [1.807, 2.05) is 30.6 Å². The van der Waals surface area contributed by atoms with E-state index in [2.05, 4.69) is 41.4 Å². The summed E-state index contributed by atoms with van der Waals surface area (Å²) in [6.07, 6.45) is 11.9. The van der Waals surface area contributed by atoms with Gasteiger partial charge in [-0.3, -0.25) is 19.8 Å². The maximum atomic E-state index is 12.8. The van der Waals surface area contributed by atoms with Crippen molar-refractivity contribution in [3.05, 3.63) is 60.3 Å². The van der Waals surface area contributed by atoms with Crippen molar-refractivity contribution in [1.29, 1.82) is 0 Å². The van der Waals surface area contributed by atoms with E-state index in [0.717, 1.165) is 41.7 Å². The van der Waals surface area contributed by atoms with Crippen molar-refractivity contribution in [1.82, 2.24) is 30.0 Å². The van der Waals surface area contributed by atoms with Crippen LogP contribution in [0.2, 0.25) is 0 Å². The molecule has 0 radical (unpaired) electrons. The van der Waals surface area contributed by atoms with Gasteiger partial charge in [0, 0.05) is 29.9 Å². The van der Waals surface area contributed by atoms with Crippen LogP contribution >= 0.6 is 0 Å². The van der Waals surface area contributed by atoms with Crippen LogP contribution in [0, 0.1) is 0 Å². The molecular formula is C24H26N8O. The number of H-pyrrole nitrogens is 1. The summed E-state index contributed by atoms with van der Waals surface area (Å²) in [4.78, 5) is 27.6. The van der Waals surface area contributed by atoms with Gasteiger partial charge in [-0.15, -0.1) is 0 Å². The van der Waals surface area contributed by atoms with E-state index in [1.54, 1.807) is 0 Å². The summed E-state index contributed by atoms with van der Waals surface area (Å²) in [5, 5.41) is 10.7. The molecule has 0 atom stereocenters. The van der Waals surface area contributed by atoms with Gasteiger partial charge in [0.2, 0.25) is 5.95 Å². The molecule has 9 nitrogen and oxygen atoms in total. The zero-order chi connectivity index (χ0) is 22.6. The fraction of sp³-hybridized carbons (Fsp3) is 0.292. The van der Waals surface area contributed by atoms with Crippen LogP contribution in [0.15, 0.2) is 49.1 Å². The van der Waals surface area contributed by atoms with E-state index in [1.165, 1.54) is 43.6 Å². The highest BCUT2D eigenvalue weighted by atomic mass is 16.1. The number of aromatic nitrogens is 5. The predicted molar refractivity (Wildman–Crippen MR) is 127 cm³/mol. The number of carbonyl (C=O) groups is 1. The fourth-order valence-corrected chi connectivity index (χ4v) is 4.24. The lowest BCUT2D eigenvalue weighted by molar-refractivity contribution is 0.102. The van der Waals surface area contributed by atoms with Crippen molar-refractivity contribution in [2.24, 2.45) is 0 Å². The SMILES string of the molecule is Nc1ncc(NC(=O)c2n[nH]c3ccc(-c4cncc(CN5CCCCCC5)c4)cc23)cn1. The smallest absolute Gasteiger partial charge is 0.276 e. The number of benzene rings is 1. The van der Waals surface area contributed by atoms with Gasteiger partial charge in [0.25, 0.3) is 5.91 Å². The molecule has 1 fully saturated rings. The molecule has 3 aromatic heterocycles. The number of nitrogens with one attached hydrogen (secondary N) is 2. The molecule has 168 valence electrons.